The molecule has 1 aromatic heterocycles. The van der Waals surface area contributed by atoms with Crippen LogP contribution in [0.5, 0.6) is 0 Å². The van der Waals surface area contributed by atoms with E-state index in [1.807, 2.05) is 64.1 Å². The third-order valence-corrected chi connectivity index (χ3v) is 5.28. The van der Waals surface area contributed by atoms with Gasteiger partial charge >= 0.3 is 6.09 Å². The molecule has 158 valence electrons. The van der Waals surface area contributed by atoms with Gasteiger partial charge in [0, 0.05) is 29.7 Å². The van der Waals surface area contributed by atoms with Gasteiger partial charge in [-0.1, -0.05) is 41.9 Å². The Morgan fingerprint density at radius 3 is 2.70 bits per heavy atom. The van der Waals surface area contributed by atoms with Crippen LogP contribution in [0, 0.1) is 0 Å². The summed E-state index contributed by atoms with van der Waals surface area (Å²) in [6, 6.07) is 13.1. The molecule has 30 heavy (non-hydrogen) atoms. The number of nitrogens with one attached hydrogen (secondary N) is 1. The van der Waals surface area contributed by atoms with E-state index in [1.165, 1.54) is 0 Å². The van der Waals surface area contributed by atoms with E-state index in [-0.39, 0.29) is 18.2 Å². The second-order valence-corrected chi connectivity index (χ2v) is 9.02. The largest absolute Gasteiger partial charge is 0.444 e. The standard InChI is InChI=1S/C23H26ClN3O3/c1-14-19(27(11-10-25-14)22(28)30-23(2,3)4)21-26-18-13-16(24)12-17(20(18)29-21)15-8-6-5-7-9-15/h5-9,12-14,19,25H,10-11H2,1-4H3. The highest BCUT2D eigenvalue weighted by Crippen LogP contribution is 2.36. The number of nitrogens with zero attached hydrogens (tertiary/aromatic N) is 2. The summed E-state index contributed by atoms with van der Waals surface area (Å²) in [7, 11) is 0. The highest BCUT2D eigenvalue weighted by Gasteiger charge is 2.38. The molecular formula is C23H26ClN3O3. The predicted molar refractivity (Wildman–Crippen MR) is 118 cm³/mol. The fourth-order valence-electron chi connectivity index (χ4n) is 3.78. The molecule has 3 aromatic rings. The molecule has 2 heterocycles. The number of piperazine rings is 1. The number of amides is 1. The first-order chi connectivity index (χ1) is 14.2. The van der Waals surface area contributed by atoms with Crippen LogP contribution in [0.1, 0.15) is 39.6 Å². The molecule has 0 aliphatic carbocycles. The third-order valence-electron chi connectivity index (χ3n) is 5.07. The Labute approximate surface area is 181 Å². The molecule has 0 saturated carbocycles. The normalized spacial score (nSPS) is 19.8. The van der Waals surface area contributed by atoms with E-state index in [2.05, 4.69) is 5.32 Å². The summed E-state index contributed by atoms with van der Waals surface area (Å²) in [5.74, 6) is 0.468. The number of halogens is 1. The van der Waals surface area contributed by atoms with Crippen LogP contribution >= 0.6 is 11.6 Å². The summed E-state index contributed by atoms with van der Waals surface area (Å²) in [6.07, 6.45) is -0.371. The predicted octanol–water partition coefficient (Wildman–Crippen LogP) is 5.42. The lowest BCUT2D eigenvalue weighted by atomic mass is 10.1. The summed E-state index contributed by atoms with van der Waals surface area (Å²) in [5.41, 5.74) is 2.61. The van der Waals surface area contributed by atoms with E-state index < -0.39 is 5.60 Å². The van der Waals surface area contributed by atoms with Gasteiger partial charge in [0.25, 0.3) is 0 Å². The zero-order chi connectivity index (χ0) is 21.5. The van der Waals surface area contributed by atoms with E-state index in [0.717, 1.165) is 11.1 Å². The molecule has 1 amide bonds. The van der Waals surface area contributed by atoms with Crippen LogP contribution < -0.4 is 5.32 Å². The molecule has 2 aromatic carbocycles. The summed E-state index contributed by atoms with van der Waals surface area (Å²) >= 11 is 6.37. The van der Waals surface area contributed by atoms with Gasteiger partial charge in [0.1, 0.15) is 17.2 Å². The van der Waals surface area contributed by atoms with Gasteiger partial charge in [-0.05, 0) is 45.4 Å². The highest BCUT2D eigenvalue weighted by atomic mass is 35.5. The number of ether oxygens (including phenoxy) is 1. The first kappa shape index (κ1) is 20.7. The fourth-order valence-corrected chi connectivity index (χ4v) is 3.99. The molecule has 0 spiro atoms. The minimum atomic E-state index is -0.578. The molecule has 0 bridgehead atoms. The Balaban J connectivity index is 1.78. The van der Waals surface area contributed by atoms with Gasteiger partial charge in [0.05, 0.1) is 0 Å². The Kier molecular flexibility index (Phi) is 5.47. The molecule has 6 nitrogen and oxygen atoms in total. The summed E-state index contributed by atoms with van der Waals surface area (Å²) in [5, 5.41) is 3.99. The topological polar surface area (TPSA) is 67.6 Å². The maximum absolute atomic E-state index is 12.9. The van der Waals surface area contributed by atoms with E-state index >= 15 is 0 Å². The van der Waals surface area contributed by atoms with Gasteiger partial charge in [0.15, 0.2) is 5.58 Å². The Morgan fingerprint density at radius 1 is 1.27 bits per heavy atom. The van der Waals surface area contributed by atoms with Crippen LogP contribution in [0.3, 0.4) is 0 Å². The van der Waals surface area contributed by atoms with Crippen LogP contribution in [0.25, 0.3) is 22.2 Å². The van der Waals surface area contributed by atoms with Crippen molar-refractivity contribution in [2.75, 3.05) is 13.1 Å². The van der Waals surface area contributed by atoms with Crippen molar-refractivity contribution < 1.29 is 13.9 Å². The maximum atomic E-state index is 12.9. The lowest BCUT2D eigenvalue weighted by Crippen LogP contribution is -2.54. The molecule has 1 aliphatic rings. The molecule has 1 fully saturated rings. The van der Waals surface area contributed by atoms with E-state index in [1.54, 1.807) is 11.0 Å². The van der Waals surface area contributed by atoms with Crippen molar-refractivity contribution in [1.82, 2.24) is 15.2 Å². The van der Waals surface area contributed by atoms with Crippen molar-refractivity contribution in [2.45, 2.75) is 45.4 Å². The quantitative estimate of drug-likeness (QED) is 0.591. The number of hydrogen-bond acceptors (Lipinski definition) is 5. The lowest BCUT2D eigenvalue weighted by Gasteiger charge is -2.39. The van der Waals surface area contributed by atoms with Crippen LogP contribution in [-0.2, 0) is 4.74 Å². The second-order valence-electron chi connectivity index (χ2n) is 8.58. The number of rotatable bonds is 2. The first-order valence-electron chi connectivity index (χ1n) is 10.1. The van der Waals surface area contributed by atoms with Crippen LogP contribution in [-0.4, -0.2) is 40.7 Å². The van der Waals surface area contributed by atoms with Gasteiger partial charge in [-0.2, -0.15) is 0 Å². The van der Waals surface area contributed by atoms with Crippen LogP contribution in [0.4, 0.5) is 4.79 Å². The second kappa shape index (κ2) is 7.93. The number of aromatic nitrogens is 1. The van der Waals surface area contributed by atoms with Gasteiger partial charge < -0.3 is 14.5 Å². The SMILES string of the molecule is CC1NCCN(C(=O)OC(C)(C)C)C1c1nc2cc(Cl)cc(-c3ccccc3)c2o1. The Bertz CT molecular complexity index is 1060. The van der Waals surface area contributed by atoms with Crippen molar-refractivity contribution in [3.8, 4) is 11.1 Å². The summed E-state index contributed by atoms with van der Waals surface area (Å²) in [6.45, 7) is 8.78. The minimum Gasteiger partial charge on any atom is -0.444 e. The molecule has 1 saturated heterocycles. The average Bonchev–Trinajstić information content (AvgIpc) is 3.09. The van der Waals surface area contributed by atoms with E-state index in [4.69, 9.17) is 25.7 Å². The molecule has 1 aliphatic heterocycles. The monoisotopic (exact) mass is 427 g/mol. The zero-order valence-corrected chi connectivity index (χ0v) is 18.4. The minimum absolute atomic E-state index is 0.0463. The zero-order valence-electron chi connectivity index (χ0n) is 17.6. The van der Waals surface area contributed by atoms with Gasteiger partial charge in [-0.15, -0.1) is 0 Å². The third kappa shape index (κ3) is 4.16. The molecule has 7 heteroatoms. The summed E-state index contributed by atoms with van der Waals surface area (Å²) in [4.78, 5) is 19.3. The molecule has 1 N–H and O–H groups in total. The number of carbonyl (C=O) groups is 1. The Morgan fingerprint density at radius 2 is 2.00 bits per heavy atom. The van der Waals surface area contributed by atoms with E-state index in [0.29, 0.717) is 35.1 Å². The summed E-state index contributed by atoms with van der Waals surface area (Å²) < 4.78 is 11.9. The lowest BCUT2D eigenvalue weighted by molar-refractivity contribution is 0.00267. The van der Waals surface area contributed by atoms with E-state index in [9.17, 15) is 4.79 Å². The van der Waals surface area contributed by atoms with Crippen LogP contribution in [0.2, 0.25) is 5.02 Å². The molecule has 0 radical (unpaired) electrons. The molecule has 2 atom stereocenters. The fraction of sp³-hybridized carbons (Fsp3) is 0.391. The Hall–Kier alpha value is -2.57. The average molecular weight is 428 g/mol. The van der Waals surface area contributed by atoms with Gasteiger partial charge in [0.2, 0.25) is 5.89 Å². The molecule has 4 rings (SSSR count). The van der Waals surface area contributed by atoms with Crippen molar-refractivity contribution in [3.05, 3.63) is 53.4 Å². The van der Waals surface area contributed by atoms with Crippen LogP contribution in [0.15, 0.2) is 46.9 Å². The number of carbonyl (C=O) groups excluding carboxylic acids is 1. The number of hydrogen-bond donors (Lipinski definition) is 1. The van der Waals surface area contributed by atoms with Crippen molar-refractivity contribution in [1.29, 1.82) is 0 Å². The first-order valence-corrected chi connectivity index (χ1v) is 10.5. The van der Waals surface area contributed by atoms with Crippen molar-refractivity contribution >= 4 is 28.8 Å². The smallest absolute Gasteiger partial charge is 0.411 e. The van der Waals surface area contributed by atoms with Gasteiger partial charge in [-0.25, -0.2) is 9.78 Å². The highest BCUT2D eigenvalue weighted by molar-refractivity contribution is 6.31. The number of benzene rings is 2. The molecular weight excluding hydrogens is 402 g/mol. The van der Waals surface area contributed by atoms with Crippen molar-refractivity contribution in [2.24, 2.45) is 0 Å². The maximum Gasteiger partial charge on any atom is 0.411 e. The number of fused-ring (bicyclic) bond motifs is 1. The molecule has 2 unspecified atom stereocenters. The number of oxazole rings is 1. The van der Waals surface area contributed by atoms with Crippen molar-refractivity contribution in [3.63, 3.8) is 0 Å². The van der Waals surface area contributed by atoms with Gasteiger partial charge in [-0.3, -0.25) is 4.90 Å².